The number of carbonyl (C=O) groups excluding carboxylic acids is 1. The summed E-state index contributed by atoms with van der Waals surface area (Å²) in [6.07, 6.45) is 2.14. The summed E-state index contributed by atoms with van der Waals surface area (Å²) in [6.45, 7) is 2.18. The smallest absolute Gasteiger partial charge is 0.411 e. The van der Waals surface area contributed by atoms with Crippen LogP contribution in [-0.2, 0) is 22.5 Å². The van der Waals surface area contributed by atoms with Crippen LogP contribution in [0.1, 0.15) is 29.7 Å². The first-order chi connectivity index (χ1) is 18.4. The summed E-state index contributed by atoms with van der Waals surface area (Å²) in [5.74, 6) is 0.402. The maximum Gasteiger partial charge on any atom is 0.411 e. The summed E-state index contributed by atoms with van der Waals surface area (Å²) in [5, 5.41) is 9.15. The first-order valence-electron chi connectivity index (χ1n) is 12.1. The van der Waals surface area contributed by atoms with Crippen molar-refractivity contribution in [3.8, 4) is 22.8 Å². The third kappa shape index (κ3) is 5.41. The van der Waals surface area contributed by atoms with Gasteiger partial charge in [0.25, 0.3) is 0 Å². The highest BCUT2D eigenvalue weighted by Gasteiger charge is 2.39. The van der Waals surface area contributed by atoms with E-state index in [9.17, 15) is 9.59 Å². The number of cyclic esters (lactones) is 1. The summed E-state index contributed by atoms with van der Waals surface area (Å²) in [5.41, 5.74) is 9.36. The van der Waals surface area contributed by atoms with E-state index in [1.807, 2.05) is 49.4 Å². The van der Waals surface area contributed by atoms with Crippen LogP contribution in [0.3, 0.4) is 0 Å². The van der Waals surface area contributed by atoms with Gasteiger partial charge in [-0.25, -0.2) is 9.78 Å². The number of aromatic nitrogens is 2. The molecule has 0 bridgehead atoms. The average Bonchev–Trinajstić information content (AvgIpc) is 3.19. The molecule has 2 heterocycles. The van der Waals surface area contributed by atoms with E-state index in [4.69, 9.17) is 20.3 Å². The van der Waals surface area contributed by atoms with Crippen LogP contribution in [-0.4, -0.2) is 38.1 Å². The summed E-state index contributed by atoms with van der Waals surface area (Å²) in [7, 11) is 0. The Labute approximate surface area is 219 Å². The van der Waals surface area contributed by atoms with Crippen molar-refractivity contribution >= 4 is 17.9 Å². The van der Waals surface area contributed by atoms with E-state index in [0.29, 0.717) is 28.6 Å². The molecule has 3 aromatic carbocycles. The van der Waals surface area contributed by atoms with Crippen LogP contribution < -0.4 is 10.5 Å². The van der Waals surface area contributed by atoms with Gasteiger partial charge in [-0.2, -0.15) is 0 Å². The third-order valence-electron chi connectivity index (χ3n) is 6.37. The standard InChI is InChI=1S/C29H26N4O5/c1-18-28(20-7-3-2-4-8-20)38-29(36)33(18)17-22-14-21(24-15-32-26(30)16-31-24)10-11-25(22)37-23-9-5-6-19(12-23)13-27(34)35/h2-12,14-16,18,28H,13,17H2,1H3,(H2,30,32)(H,34,35)/t18-,28-/m0/s1. The predicted molar refractivity (Wildman–Crippen MR) is 140 cm³/mol. The van der Waals surface area contributed by atoms with Crippen LogP contribution in [0.4, 0.5) is 10.6 Å². The zero-order chi connectivity index (χ0) is 26.6. The van der Waals surface area contributed by atoms with Crippen LogP contribution in [0, 0.1) is 0 Å². The fourth-order valence-corrected chi connectivity index (χ4v) is 4.46. The molecule has 1 amide bonds. The minimum atomic E-state index is -0.925. The quantitative estimate of drug-likeness (QED) is 0.330. The van der Waals surface area contributed by atoms with Crippen molar-refractivity contribution in [2.45, 2.75) is 32.0 Å². The predicted octanol–water partition coefficient (Wildman–Crippen LogP) is 5.23. The van der Waals surface area contributed by atoms with E-state index in [2.05, 4.69) is 9.97 Å². The summed E-state index contributed by atoms with van der Waals surface area (Å²) < 4.78 is 11.9. The number of carboxylic acid groups (broad SMARTS) is 1. The van der Waals surface area contributed by atoms with Crippen molar-refractivity contribution in [2.75, 3.05) is 5.73 Å². The lowest BCUT2D eigenvalue weighted by molar-refractivity contribution is -0.136. The van der Waals surface area contributed by atoms with E-state index < -0.39 is 18.2 Å². The number of nitrogens with zero attached hydrogens (tertiary/aromatic N) is 3. The van der Waals surface area contributed by atoms with Crippen molar-refractivity contribution in [1.29, 1.82) is 0 Å². The highest BCUT2D eigenvalue weighted by atomic mass is 16.6. The number of aliphatic carboxylic acids is 1. The molecule has 1 aliphatic rings. The Morgan fingerprint density at radius 3 is 2.61 bits per heavy atom. The largest absolute Gasteiger partial charge is 0.481 e. The average molecular weight is 511 g/mol. The lowest BCUT2D eigenvalue weighted by atomic mass is 10.0. The molecule has 0 saturated carbocycles. The number of nitrogens with two attached hydrogens (primary N) is 1. The maximum absolute atomic E-state index is 13.0. The molecule has 5 rings (SSSR count). The number of ether oxygens (including phenoxy) is 2. The second-order valence-electron chi connectivity index (χ2n) is 9.05. The molecule has 1 aromatic heterocycles. The molecule has 0 spiro atoms. The van der Waals surface area contributed by atoms with Crippen LogP contribution in [0.15, 0.2) is 85.2 Å². The number of carbonyl (C=O) groups is 2. The highest BCUT2D eigenvalue weighted by Crippen LogP contribution is 2.36. The molecule has 0 radical (unpaired) electrons. The molecule has 0 aliphatic carbocycles. The number of hydrogen-bond donors (Lipinski definition) is 2. The molecular weight excluding hydrogens is 484 g/mol. The maximum atomic E-state index is 13.0. The van der Waals surface area contributed by atoms with Crippen LogP contribution >= 0.6 is 0 Å². The number of rotatable bonds is 8. The van der Waals surface area contributed by atoms with E-state index in [-0.39, 0.29) is 19.0 Å². The van der Waals surface area contributed by atoms with Gasteiger partial charge in [-0.05, 0) is 48.4 Å². The van der Waals surface area contributed by atoms with E-state index in [1.54, 1.807) is 41.4 Å². The van der Waals surface area contributed by atoms with Gasteiger partial charge in [0.1, 0.15) is 23.4 Å². The second-order valence-corrected chi connectivity index (χ2v) is 9.05. The van der Waals surface area contributed by atoms with Gasteiger partial charge in [0, 0.05) is 11.1 Å². The van der Waals surface area contributed by atoms with Gasteiger partial charge in [0.15, 0.2) is 0 Å². The third-order valence-corrected chi connectivity index (χ3v) is 6.37. The molecular formula is C29H26N4O5. The molecule has 38 heavy (non-hydrogen) atoms. The van der Waals surface area contributed by atoms with Gasteiger partial charge in [-0.15, -0.1) is 0 Å². The summed E-state index contributed by atoms with van der Waals surface area (Å²) in [6, 6.07) is 21.9. The zero-order valence-electron chi connectivity index (χ0n) is 20.7. The minimum absolute atomic E-state index is 0.114. The Kier molecular flexibility index (Phi) is 6.90. The molecule has 1 aliphatic heterocycles. The monoisotopic (exact) mass is 510 g/mol. The highest BCUT2D eigenvalue weighted by molar-refractivity contribution is 5.72. The van der Waals surface area contributed by atoms with Crippen molar-refractivity contribution < 1.29 is 24.2 Å². The molecule has 9 heteroatoms. The second kappa shape index (κ2) is 10.6. The number of nitrogen functional groups attached to an aromatic ring is 1. The van der Waals surface area contributed by atoms with Gasteiger partial charge < -0.3 is 20.3 Å². The van der Waals surface area contributed by atoms with Gasteiger partial charge in [-0.1, -0.05) is 42.5 Å². The summed E-state index contributed by atoms with van der Waals surface area (Å²) >= 11 is 0. The number of amides is 1. The van der Waals surface area contributed by atoms with Gasteiger partial charge >= 0.3 is 12.1 Å². The molecule has 192 valence electrons. The Morgan fingerprint density at radius 2 is 1.87 bits per heavy atom. The Bertz CT molecular complexity index is 1460. The number of anilines is 1. The minimum Gasteiger partial charge on any atom is -0.481 e. The molecule has 2 atom stereocenters. The molecule has 9 nitrogen and oxygen atoms in total. The van der Waals surface area contributed by atoms with Crippen LogP contribution in [0.5, 0.6) is 11.5 Å². The van der Waals surface area contributed by atoms with Crippen molar-refractivity contribution in [2.24, 2.45) is 0 Å². The van der Waals surface area contributed by atoms with Crippen molar-refractivity contribution in [3.05, 3.63) is 102 Å². The Balaban J connectivity index is 1.48. The van der Waals surface area contributed by atoms with Gasteiger partial charge in [0.2, 0.25) is 0 Å². The van der Waals surface area contributed by atoms with Crippen LogP contribution in [0.2, 0.25) is 0 Å². The van der Waals surface area contributed by atoms with Crippen LogP contribution in [0.25, 0.3) is 11.3 Å². The lowest BCUT2D eigenvalue weighted by Gasteiger charge is -2.23. The Hall–Kier alpha value is -4.92. The molecule has 4 aromatic rings. The van der Waals surface area contributed by atoms with E-state index >= 15 is 0 Å². The lowest BCUT2D eigenvalue weighted by Crippen LogP contribution is -2.31. The first-order valence-corrected chi connectivity index (χ1v) is 12.1. The first kappa shape index (κ1) is 24.8. The number of hydrogen-bond acceptors (Lipinski definition) is 7. The molecule has 1 saturated heterocycles. The number of carboxylic acids is 1. The van der Waals surface area contributed by atoms with E-state index in [0.717, 1.165) is 16.7 Å². The molecule has 0 unspecified atom stereocenters. The molecule has 3 N–H and O–H groups in total. The fourth-order valence-electron chi connectivity index (χ4n) is 4.46. The van der Waals surface area contributed by atoms with Gasteiger partial charge in [-0.3, -0.25) is 14.7 Å². The SMILES string of the molecule is C[C@H]1[C@@H](c2ccccc2)OC(=O)N1Cc1cc(-c2cnc(N)cn2)ccc1Oc1cccc(CC(=O)O)c1. The van der Waals surface area contributed by atoms with Crippen molar-refractivity contribution in [3.63, 3.8) is 0 Å². The Morgan fingerprint density at radius 1 is 1.05 bits per heavy atom. The van der Waals surface area contributed by atoms with Gasteiger partial charge in [0.05, 0.1) is 37.1 Å². The fraction of sp³-hybridized carbons (Fsp3) is 0.172. The molecule has 1 fully saturated rings. The number of benzene rings is 3. The topological polar surface area (TPSA) is 128 Å². The normalized spacial score (nSPS) is 16.8. The zero-order valence-corrected chi connectivity index (χ0v) is 20.7. The van der Waals surface area contributed by atoms with Crippen molar-refractivity contribution in [1.82, 2.24) is 14.9 Å². The van der Waals surface area contributed by atoms with E-state index in [1.165, 1.54) is 6.20 Å². The summed E-state index contributed by atoms with van der Waals surface area (Å²) in [4.78, 5) is 34.3.